The summed E-state index contributed by atoms with van der Waals surface area (Å²) in [5.41, 5.74) is 4.77. The van der Waals surface area contributed by atoms with Crippen molar-refractivity contribution < 1.29 is 0 Å². The molecule has 30 heavy (non-hydrogen) atoms. The van der Waals surface area contributed by atoms with Gasteiger partial charge in [0, 0.05) is 30.9 Å². The van der Waals surface area contributed by atoms with Crippen LogP contribution in [0.2, 0.25) is 0 Å². The van der Waals surface area contributed by atoms with Crippen LogP contribution >= 0.6 is 0 Å². The number of rotatable bonds is 5. The van der Waals surface area contributed by atoms with Crippen LogP contribution in [0, 0.1) is 11.3 Å². The average molecular weight is 397 g/mol. The Labute approximate surface area is 175 Å². The first-order chi connectivity index (χ1) is 14.7. The van der Waals surface area contributed by atoms with Crippen molar-refractivity contribution in [1.29, 1.82) is 5.26 Å². The summed E-state index contributed by atoms with van der Waals surface area (Å²) >= 11 is 0. The number of aromatic amines is 1. The lowest BCUT2D eigenvalue weighted by atomic mass is 10.0. The van der Waals surface area contributed by atoms with Gasteiger partial charge in [-0.25, -0.2) is 4.98 Å². The number of nitriles is 1. The van der Waals surface area contributed by atoms with Gasteiger partial charge in [-0.05, 0) is 18.1 Å². The minimum atomic E-state index is -0.242. The maximum absolute atomic E-state index is 12.6. The highest BCUT2D eigenvalue weighted by Crippen LogP contribution is 2.34. The summed E-state index contributed by atoms with van der Waals surface area (Å²) in [6, 6.07) is 12.5. The first-order valence-electron chi connectivity index (χ1n) is 10.0. The van der Waals surface area contributed by atoms with Crippen LogP contribution in [0.15, 0.2) is 72.0 Å². The van der Waals surface area contributed by atoms with E-state index in [1.54, 1.807) is 6.08 Å². The molecular formula is C24H23N5O. The maximum Gasteiger partial charge on any atom is 0.275 e. The molecule has 0 fully saturated rings. The van der Waals surface area contributed by atoms with Crippen molar-refractivity contribution >= 4 is 16.6 Å². The Morgan fingerprint density at radius 3 is 2.80 bits per heavy atom. The van der Waals surface area contributed by atoms with Gasteiger partial charge in [0.25, 0.3) is 5.56 Å². The van der Waals surface area contributed by atoms with Gasteiger partial charge in [0.1, 0.15) is 22.7 Å². The fourth-order valence-electron chi connectivity index (χ4n) is 4.02. The Hall–Kier alpha value is -3.85. The van der Waals surface area contributed by atoms with Crippen molar-refractivity contribution in [3.63, 3.8) is 0 Å². The van der Waals surface area contributed by atoms with E-state index in [1.807, 2.05) is 22.8 Å². The average Bonchev–Trinajstić information content (AvgIpc) is 3.01. The van der Waals surface area contributed by atoms with E-state index in [2.05, 4.69) is 58.7 Å². The van der Waals surface area contributed by atoms with Gasteiger partial charge in [0.2, 0.25) is 0 Å². The van der Waals surface area contributed by atoms with E-state index in [0.29, 0.717) is 35.4 Å². The summed E-state index contributed by atoms with van der Waals surface area (Å²) in [5.74, 6) is 0. The zero-order valence-electron chi connectivity index (χ0n) is 16.9. The molecule has 0 bridgehead atoms. The summed E-state index contributed by atoms with van der Waals surface area (Å²) in [5, 5.41) is 9.94. The lowest BCUT2D eigenvalue weighted by Crippen LogP contribution is -2.25. The molecule has 3 heterocycles. The number of hydrogen-bond donors (Lipinski definition) is 1. The molecule has 150 valence electrons. The quantitative estimate of drug-likeness (QED) is 0.706. The van der Waals surface area contributed by atoms with Crippen LogP contribution in [-0.2, 0) is 13.1 Å². The molecule has 0 spiro atoms. The summed E-state index contributed by atoms with van der Waals surface area (Å²) in [6.07, 6.45) is 8.21. The van der Waals surface area contributed by atoms with Crippen molar-refractivity contribution in [2.75, 3.05) is 6.54 Å². The molecule has 0 saturated carbocycles. The van der Waals surface area contributed by atoms with Crippen LogP contribution in [0.25, 0.3) is 16.6 Å². The molecule has 2 aromatic heterocycles. The van der Waals surface area contributed by atoms with Gasteiger partial charge < -0.3 is 14.5 Å². The van der Waals surface area contributed by atoms with E-state index in [0.717, 1.165) is 24.2 Å². The predicted molar refractivity (Wildman–Crippen MR) is 118 cm³/mol. The smallest absolute Gasteiger partial charge is 0.275 e. The summed E-state index contributed by atoms with van der Waals surface area (Å²) in [7, 11) is 0. The monoisotopic (exact) mass is 397 g/mol. The second kappa shape index (κ2) is 8.26. The van der Waals surface area contributed by atoms with E-state index in [9.17, 15) is 10.1 Å². The lowest BCUT2D eigenvalue weighted by Gasteiger charge is -2.26. The number of benzene rings is 1. The molecule has 1 aliphatic heterocycles. The van der Waals surface area contributed by atoms with Crippen molar-refractivity contribution in [3.05, 3.63) is 94.3 Å². The highest BCUT2D eigenvalue weighted by molar-refractivity contribution is 5.92. The summed E-state index contributed by atoms with van der Waals surface area (Å²) < 4.78 is 1.92. The molecular weight excluding hydrogens is 374 g/mol. The number of hydrogen-bond acceptors (Lipinski definition) is 4. The van der Waals surface area contributed by atoms with E-state index in [-0.39, 0.29) is 5.56 Å². The Morgan fingerprint density at radius 2 is 2.10 bits per heavy atom. The fraction of sp³-hybridized carbons (Fsp3) is 0.208. The largest absolute Gasteiger partial charge is 0.365 e. The third kappa shape index (κ3) is 3.25. The first kappa shape index (κ1) is 19.5. The van der Waals surface area contributed by atoms with Crippen molar-refractivity contribution in [3.8, 4) is 6.07 Å². The van der Waals surface area contributed by atoms with Gasteiger partial charge >= 0.3 is 0 Å². The molecule has 0 radical (unpaired) electrons. The van der Waals surface area contributed by atoms with E-state index in [1.165, 1.54) is 11.9 Å². The van der Waals surface area contributed by atoms with Crippen LogP contribution < -0.4 is 5.56 Å². The Morgan fingerprint density at radius 1 is 1.30 bits per heavy atom. The van der Waals surface area contributed by atoms with Crippen LogP contribution in [0.3, 0.4) is 0 Å². The summed E-state index contributed by atoms with van der Waals surface area (Å²) in [6.45, 7) is 8.11. The zero-order chi connectivity index (χ0) is 21.1. The Kier molecular flexibility index (Phi) is 5.36. The molecule has 0 atom stereocenters. The molecule has 1 aliphatic rings. The van der Waals surface area contributed by atoms with E-state index < -0.39 is 0 Å². The molecule has 0 aliphatic carbocycles. The number of aromatic nitrogens is 3. The number of fused-ring (bicyclic) bond motifs is 3. The standard InChI is InChI=1S/C24H23N5O/c1-3-5-11-20-18(4-2)22-19(14-25)21-23(24(30)27-16-26-21)29(22)13-12-28(20)15-17-9-7-6-8-10-17/h4-11,16H,2-3,12-13,15H2,1H3,(H,26,27,30)/b11-5-. The fourth-order valence-corrected chi connectivity index (χ4v) is 4.02. The topological polar surface area (TPSA) is 77.7 Å². The van der Waals surface area contributed by atoms with Crippen molar-refractivity contribution in [2.45, 2.75) is 26.4 Å². The Bertz CT molecular complexity index is 1250. The minimum Gasteiger partial charge on any atom is -0.365 e. The number of H-pyrrole nitrogens is 1. The molecule has 0 amide bonds. The molecule has 4 rings (SSSR count). The highest BCUT2D eigenvalue weighted by atomic mass is 16.1. The first-order valence-corrected chi connectivity index (χ1v) is 10.0. The Balaban J connectivity index is 1.98. The number of allylic oxidation sites excluding steroid dienone is 4. The van der Waals surface area contributed by atoms with Crippen molar-refractivity contribution in [2.24, 2.45) is 0 Å². The third-order valence-electron chi connectivity index (χ3n) is 5.35. The zero-order valence-corrected chi connectivity index (χ0v) is 16.9. The minimum absolute atomic E-state index is 0.242. The molecule has 1 aromatic carbocycles. The lowest BCUT2D eigenvalue weighted by molar-refractivity contribution is 0.338. The number of nitrogens with zero attached hydrogens (tertiary/aromatic N) is 4. The van der Waals surface area contributed by atoms with Gasteiger partial charge in [0.05, 0.1) is 12.0 Å². The van der Waals surface area contributed by atoms with Gasteiger partial charge in [-0.1, -0.05) is 56.0 Å². The normalized spacial score (nSPS) is 14.1. The van der Waals surface area contributed by atoms with Crippen molar-refractivity contribution in [1.82, 2.24) is 19.4 Å². The van der Waals surface area contributed by atoms with Gasteiger partial charge in [0.15, 0.2) is 0 Å². The molecule has 0 saturated heterocycles. The molecule has 6 nitrogen and oxygen atoms in total. The van der Waals surface area contributed by atoms with E-state index >= 15 is 0 Å². The van der Waals surface area contributed by atoms with Crippen LogP contribution in [0.4, 0.5) is 0 Å². The van der Waals surface area contributed by atoms with Gasteiger partial charge in [-0.2, -0.15) is 5.26 Å². The second-order valence-corrected chi connectivity index (χ2v) is 7.14. The molecule has 6 heteroatoms. The second-order valence-electron chi connectivity index (χ2n) is 7.14. The molecule has 1 N–H and O–H groups in total. The third-order valence-corrected chi connectivity index (χ3v) is 5.35. The summed E-state index contributed by atoms with van der Waals surface area (Å²) in [4.78, 5) is 21.8. The highest BCUT2D eigenvalue weighted by Gasteiger charge is 2.28. The van der Waals surface area contributed by atoms with Crippen LogP contribution in [0.5, 0.6) is 0 Å². The van der Waals surface area contributed by atoms with Gasteiger partial charge in [-0.15, -0.1) is 0 Å². The molecule has 0 unspecified atom stereocenters. The van der Waals surface area contributed by atoms with E-state index in [4.69, 9.17) is 0 Å². The predicted octanol–water partition coefficient (Wildman–Crippen LogP) is 3.98. The van der Waals surface area contributed by atoms with Crippen LogP contribution in [-0.4, -0.2) is 26.0 Å². The number of nitrogens with one attached hydrogen (secondary N) is 1. The van der Waals surface area contributed by atoms with Crippen LogP contribution in [0.1, 0.15) is 30.2 Å². The van der Waals surface area contributed by atoms with Gasteiger partial charge in [-0.3, -0.25) is 4.79 Å². The maximum atomic E-state index is 12.6. The molecule has 3 aromatic rings. The SMILES string of the molecule is C=CC1=C(/C=C\CC)N(Cc2ccccc2)CCn2c1c(C#N)c1nc[nH]c(=O)c12.